The lowest BCUT2D eigenvalue weighted by Gasteiger charge is -2.22. The van der Waals surface area contributed by atoms with Gasteiger partial charge in [-0.3, -0.25) is 9.78 Å². The van der Waals surface area contributed by atoms with E-state index in [4.69, 9.17) is 0 Å². The van der Waals surface area contributed by atoms with Gasteiger partial charge in [-0.15, -0.1) is 0 Å². The van der Waals surface area contributed by atoms with Crippen molar-refractivity contribution in [3.8, 4) is 0 Å². The second-order valence-electron chi connectivity index (χ2n) is 5.19. The van der Waals surface area contributed by atoms with Crippen molar-refractivity contribution in [3.63, 3.8) is 0 Å². The Morgan fingerprint density at radius 3 is 2.67 bits per heavy atom. The Labute approximate surface area is 109 Å². The largest absolute Gasteiger partial charge is 0.343 e. The lowest BCUT2D eigenvalue weighted by molar-refractivity contribution is -0.131. The van der Waals surface area contributed by atoms with Crippen LogP contribution in [0.5, 0.6) is 0 Å². The molecule has 1 aliphatic heterocycles. The van der Waals surface area contributed by atoms with Gasteiger partial charge in [0.15, 0.2) is 0 Å². The Balaban J connectivity index is 1.90. The Hall–Kier alpha value is -1.38. The second kappa shape index (κ2) is 6.53. The molecule has 1 unspecified atom stereocenters. The third kappa shape index (κ3) is 3.56. The van der Waals surface area contributed by atoms with Gasteiger partial charge in [0.1, 0.15) is 0 Å². The van der Waals surface area contributed by atoms with E-state index in [2.05, 4.69) is 11.9 Å². The van der Waals surface area contributed by atoms with Crippen molar-refractivity contribution >= 4 is 5.91 Å². The summed E-state index contributed by atoms with van der Waals surface area (Å²) in [6, 6.07) is 3.98. The van der Waals surface area contributed by atoms with Crippen molar-refractivity contribution in [2.75, 3.05) is 13.1 Å². The zero-order valence-corrected chi connectivity index (χ0v) is 11.1. The smallest absolute Gasteiger partial charge is 0.223 e. The van der Waals surface area contributed by atoms with Crippen LogP contribution in [-0.4, -0.2) is 28.9 Å². The van der Waals surface area contributed by atoms with E-state index < -0.39 is 0 Å². The summed E-state index contributed by atoms with van der Waals surface area (Å²) in [5.74, 6) is 0.558. The highest BCUT2D eigenvalue weighted by Gasteiger charge is 2.18. The molecule has 1 aromatic heterocycles. The standard InChI is InChI=1S/C15H22N2O/c1-13(14-7-6-8-16-12-14)11-15(18)17-9-4-2-3-5-10-17/h6-8,12-13H,2-5,9-11H2,1H3. The number of hydrogen-bond donors (Lipinski definition) is 0. The van der Waals surface area contributed by atoms with Crippen molar-refractivity contribution in [1.29, 1.82) is 0 Å². The van der Waals surface area contributed by atoms with Crippen LogP contribution in [0, 0.1) is 0 Å². The van der Waals surface area contributed by atoms with Gasteiger partial charge in [0.2, 0.25) is 5.91 Å². The van der Waals surface area contributed by atoms with E-state index in [1.807, 2.05) is 23.2 Å². The number of likely N-dealkylation sites (tertiary alicyclic amines) is 1. The van der Waals surface area contributed by atoms with Crippen molar-refractivity contribution in [2.45, 2.75) is 44.9 Å². The summed E-state index contributed by atoms with van der Waals surface area (Å²) in [7, 11) is 0. The molecule has 1 amide bonds. The number of carbonyl (C=O) groups excluding carboxylic acids is 1. The van der Waals surface area contributed by atoms with Crippen molar-refractivity contribution in [2.24, 2.45) is 0 Å². The van der Waals surface area contributed by atoms with Crippen LogP contribution in [0.3, 0.4) is 0 Å². The number of rotatable bonds is 3. The minimum atomic E-state index is 0.259. The van der Waals surface area contributed by atoms with Crippen LogP contribution in [0.1, 0.15) is 50.5 Å². The Morgan fingerprint density at radius 1 is 1.33 bits per heavy atom. The number of aromatic nitrogens is 1. The molecule has 0 aliphatic carbocycles. The second-order valence-corrected chi connectivity index (χ2v) is 5.19. The predicted octanol–water partition coefficient (Wildman–Crippen LogP) is 2.98. The van der Waals surface area contributed by atoms with Crippen LogP contribution in [0.15, 0.2) is 24.5 Å². The molecule has 3 heteroatoms. The molecule has 1 fully saturated rings. The molecular formula is C15H22N2O. The number of nitrogens with zero attached hydrogens (tertiary/aromatic N) is 2. The third-order valence-electron chi connectivity index (χ3n) is 3.69. The molecule has 2 rings (SSSR count). The van der Waals surface area contributed by atoms with Gasteiger partial charge in [0, 0.05) is 31.9 Å². The minimum absolute atomic E-state index is 0.259. The highest BCUT2D eigenvalue weighted by atomic mass is 16.2. The van der Waals surface area contributed by atoms with Crippen LogP contribution in [-0.2, 0) is 4.79 Å². The molecule has 1 saturated heterocycles. The van der Waals surface area contributed by atoms with E-state index in [1.54, 1.807) is 6.20 Å². The van der Waals surface area contributed by atoms with Gasteiger partial charge in [-0.1, -0.05) is 25.8 Å². The number of carbonyl (C=O) groups is 1. The first kappa shape index (κ1) is 13.1. The van der Waals surface area contributed by atoms with E-state index in [1.165, 1.54) is 12.8 Å². The van der Waals surface area contributed by atoms with Crippen LogP contribution >= 0.6 is 0 Å². The first-order valence-electron chi connectivity index (χ1n) is 6.95. The fourth-order valence-corrected chi connectivity index (χ4v) is 2.50. The van der Waals surface area contributed by atoms with E-state index in [0.29, 0.717) is 12.3 Å². The molecule has 0 spiro atoms. The zero-order chi connectivity index (χ0) is 12.8. The lowest BCUT2D eigenvalue weighted by Crippen LogP contribution is -2.32. The topological polar surface area (TPSA) is 33.2 Å². The third-order valence-corrected chi connectivity index (χ3v) is 3.69. The molecule has 0 saturated carbocycles. The molecule has 18 heavy (non-hydrogen) atoms. The molecule has 3 nitrogen and oxygen atoms in total. The van der Waals surface area contributed by atoms with Crippen molar-refractivity contribution in [3.05, 3.63) is 30.1 Å². The highest BCUT2D eigenvalue weighted by Crippen LogP contribution is 2.20. The molecule has 1 aliphatic rings. The van der Waals surface area contributed by atoms with Gasteiger partial charge >= 0.3 is 0 Å². The number of pyridine rings is 1. The van der Waals surface area contributed by atoms with Gasteiger partial charge in [-0.25, -0.2) is 0 Å². The Kier molecular flexibility index (Phi) is 4.73. The predicted molar refractivity (Wildman–Crippen MR) is 72.3 cm³/mol. The maximum atomic E-state index is 12.2. The number of hydrogen-bond acceptors (Lipinski definition) is 2. The quantitative estimate of drug-likeness (QED) is 0.821. The average molecular weight is 246 g/mol. The van der Waals surface area contributed by atoms with Gasteiger partial charge in [-0.05, 0) is 30.4 Å². The van der Waals surface area contributed by atoms with Gasteiger partial charge in [0.05, 0.1) is 0 Å². The molecule has 0 aromatic carbocycles. The van der Waals surface area contributed by atoms with Crippen LogP contribution in [0.2, 0.25) is 0 Å². The summed E-state index contributed by atoms with van der Waals surface area (Å²) in [6.07, 6.45) is 9.09. The first-order valence-corrected chi connectivity index (χ1v) is 6.95. The molecule has 0 N–H and O–H groups in total. The Bertz CT molecular complexity index is 369. The molecular weight excluding hydrogens is 224 g/mol. The van der Waals surface area contributed by atoms with E-state index in [0.717, 1.165) is 31.5 Å². The molecule has 0 radical (unpaired) electrons. The van der Waals surface area contributed by atoms with Gasteiger partial charge < -0.3 is 4.90 Å². The van der Waals surface area contributed by atoms with Crippen LogP contribution < -0.4 is 0 Å². The van der Waals surface area contributed by atoms with Gasteiger partial charge in [-0.2, -0.15) is 0 Å². The lowest BCUT2D eigenvalue weighted by atomic mass is 9.99. The molecule has 0 bridgehead atoms. The first-order chi connectivity index (χ1) is 8.77. The number of amides is 1. The minimum Gasteiger partial charge on any atom is -0.343 e. The van der Waals surface area contributed by atoms with Crippen LogP contribution in [0.25, 0.3) is 0 Å². The fourth-order valence-electron chi connectivity index (χ4n) is 2.50. The van der Waals surface area contributed by atoms with E-state index >= 15 is 0 Å². The normalized spacial score (nSPS) is 18.2. The highest BCUT2D eigenvalue weighted by molar-refractivity contribution is 5.77. The monoisotopic (exact) mass is 246 g/mol. The SMILES string of the molecule is CC(CC(=O)N1CCCCCC1)c1cccnc1. The van der Waals surface area contributed by atoms with Crippen LogP contribution in [0.4, 0.5) is 0 Å². The van der Waals surface area contributed by atoms with Crippen molar-refractivity contribution < 1.29 is 4.79 Å². The summed E-state index contributed by atoms with van der Waals surface area (Å²) < 4.78 is 0. The molecule has 1 aromatic rings. The summed E-state index contributed by atoms with van der Waals surface area (Å²) >= 11 is 0. The van der Waals surface area contributed by atoms with Crippen molar-refractivity contribution in [1.82, 2.24) is 9.88 Å². The maximum absolute atomic E-state index is 12.2. The zero-order valence-electron chi connectivity index (χ0n) is 11.1. The van der Waals surface area contributed by atoms with E-state index in [-0.39, 0.29) is 5.92 Å². The molecule has 2 heterocycles. The summed E-state index contributed by atoms with van der Waals surface area (Å²) in [5, 5.41) is 0. The summed E-state index contributed by atoms with van der Waals surface area (Å²) in [6.45, 7) is 3.99. The maximum Gasteiger partial charge on any atom is 0.223 e. The van der Waals surface area contributed by atoms with Gasteiger partial charge in [0.25, 0.3) is 0 Å². The van der Waals surface area contributed by atoms with E-state index in [9.17, 15) is 4.79 Å². The molecule has 1 atom stereocenters. The summed E-state index contributed by atoms with van der Waals surface area (Å²) in [4.78, 5) is 18.4. The Morgan fingerprint density at radius 2 is 2.06 bits per heavy atom. The fraction of sp³-hybridized carbons (Fsp3) is 0.600. The molecule has 98 valence electrons. The average Bonchev–Trinajstić information content (AvgIpc) is 2.68. The summed E-state index contributed by atoms with van der Waals surface area (Å²) in [5.41, 5.74) is 1.15.